The van der Waals surface area contributed by atoms with Crippen LogP contribution in [0.1, 0.15) is 12.8 Å². The number of carbonyl (C=O) groups is 1. The number of carbonyl (C=O) groups excluding carboxylic acids is 1. The zero-order valence-corrected chi connectivity index (χ0v) is 16.3. The summed E-state index contributed by atoms with van der Waals surface area (Å²) in [5, 5.41) is 2.89. The van der Waals surface area contributed by atoms with Gasteiger partial charge in [0.25, 0.3) is 10.2 Å². The average Bonchev–Trinajstić information content (AvgIpc) is 2.64. The molecule has 1 aromatic carbocycles. The molecule has 1 amide bonds. The van der Waals surface area contributed by atoms with Gasteiger partial charge in [0.05, 0.1) is 24.8 Å². The summed E-state index contributed by atoms with van der Waals surface area (Å²) in [4.78, 5) is 12.6. The van der Waals surface area contributed by atoms with E-state index < -0.39 is 10.2 Å². The first-order valence-corrected chi connectivity index (χ1v) is 10.6. The normalized spacial score (nSPS) is 23.3. The van der Waals surface area contributed by atoms with E-state index in [2.05, 4.69) is 21.2 Å². The Balaban J connectivity index is 1.66. The number of benzene rings is 1. The first-order chi connectivity index (χ1) is 12.0. The van der Waals surface area contributed by atoms with Crippen LogP contribution in [0.4, 0.5) is 5.69 Å². The number of ether oxygens (including phenoxy) is 1. The standard InChI is InChI=1S/C16H22BrN3O4S/c17-14-5-1-2-6-15(14)18-16(21)13-4-3-7-20(12-13)25(22,23)19-8-10-24-11-9-19/h1-2,5-6,13H,3-4,7-12H2,(H,18,21). The molecule has 2 heterocycles. The highest BCUT2D eigenvalue weighted by atomic mass is 79.9. The van der Waals surface area contributed by atoms with E-state index in [1.54, 1.807) is 0 Å². The topological polar surface area (TPSA) is 79.0 Å². The maximum Gasteiger partial charge on any atom is 0.282 e. The number of morpholine rings is 1. The molecule has 2 saturated heterocycles. The third kappa shape index (κ3) is 4.40. The quantitative estimate of drug-likeness (QED) is 0.786. The molecule has 0 spiro atoms. The van der Waals surface area contributed by atoms with Crippen molar-refractivity contribution in [2.75, 3.05) is 44.7 Å². The summed E-state index contributed by atoms with van der Waals surface area (Å²) in [6, 6.07) is 7.38. The van der Waals surface area contributed by atoms with E-state index in [1.807, 2.05) is 24.3 Å². The molecule has 25 heavy (non-hydrogen) atoms. The Morgan fingerprint density at radius 1 is 1.16 bits per heavy atom. The molecule has 3 rings (SSSR count). The molecule has 1 N–H and O–H groups in total. The van der Waals surface area contributed by atoms with Gasteiger partial charge in [-0.15, -0.1) is 0 Å². The number of hydrogen-bond donors (Lipinski definition) is 1. The molecule has 1 aromatic rings. The Kier molecular flexibility index (Phi) is 6.11. The summed E-state index contributed by atoms with van der Waals surface area (Å²) < 4.78 is 34.5. The Bertz CT molecular complexity index is 722. The van der Waals surface area contributed by atoms with Crippen LogP contribution in [0, 0.1) is 5.92 Å². The van der Waals surface area contributed by atoms with E-state index in [4.69, 9.17) is 4.74 Å². The number of hydrogen-bond acceptors (Lipinski definition) is 4. The third-order valence-corrected chi connectivity index (χ3v) is 7.20. The number of rotatable bonds is 4. The van der Waals surface area contributed by atoms with Crippen LogP contribution in [0.5, 0.6) is 0 Å². The highest BCUT2D eigenvalue weighted by Crippen LogP contribution is 2.25. The van der Waals surface area contributed by atoms with E-state index in [0.717, 1.165) is 4.47 Å². The molecule has 0 aromatic heterocycles. The van der Waals surface area contributed by atoms with Crippen molar-refractivity contribution in [1.29, 1.82) is 0 Å². The lowest BCUT2D eigenvalue weighted by Gasteiger charge is -2.36. The molecule has 0 radical (unpaired) electrons. The number of para-hydroxylation sites is 1. The number of nitrogens with one attached hydrogen (secondary N) is 1. The van der Waals surface area contributed by atoms with Crippen molar-refractivity contribution in [1.82, 2.24) is 8.61 Å². The molecule has 2 aliphatic rings. The van der Waals surface area contributed by atoms with Crippen molar-refractivity contribution in [3.63, 3.8) is 0 Å². The zero-order chi connectivity index (χ0) is 17.9. The molecular weight excluding hydrogens is 410 g/mol. The molecular formula is C16H22BrN3O4S. The van der Waals surface area contributed by atoms with Crippen molar-refractivity contribution in [2.24, 2.45) is 5.92 Å². The van der Waals surface area contributed by atoms with Gasteiger partial charge in [0.2, 0.25) is 5.91 Å². The van der Waals surface area contributed by atoms with Crippen LogP contribution in [0.2, 0.25) is 0 Å². The van der Waals surface area contributed by atoms with Gasteiger partial charge in [-0.05, 0) is 40.9 Å². The van der Waals surface area contributed by atoms with Crippen LogP contribution in [0.25, 0.3) is 0 Å². The fourth-order valence-electron chi connectivity index (χ4n) is 3.10. The minimum atomic E-state index is -3.54. The predicted molar refractivity (Wildman–Crippen MR) is 98.4 cm³/mol. The molecule has 1 atom stereocenters. The summed E-state index contributed by atoms with van der Waals surface area (Å²) in [6.07, 6.45) is 1.36. The first-order valence-electron chi connectivity index (χ1n) is 8.37. The van der Waals surface area contributed by atoms with Gasteiger partial charge in [0.1, 0.15) is 0 Å². The number of anilines is 1. The summed E-state index contributed by atoms with van der Waals surface area (Å²) >= 11 is 3.40. The second-order valence-corrected chi connectivity index (χ2v) is 8.97. The maximum absolute atomic E-state index is 12.8. The molecule has 9 heteroatoms. The SMILES string of the molecule is O=C(Nc1ccccc1Br)C1CCCN(S(=O)(=O)N2CCOCC2)C1. The lowest BCUT2D eigenvalue weighted by molar-refractivity contribution is -0.120. The van der Waals surface area contributed by atoms with Crippen LogP contribution in [0.15, 0.2) is 28.7 Å². The Morgan fingerprint density at radius 3 is 2.60 bits per heavy atom. The van der Waals surface area contributed by atoms with Crippen molar-refractivity contribution in [3.8, 4) is 0 Å². The van der Waals surface area contributed by atoms with Crippen molar-refractivity contribution < 1.29 is 17.9 Å². The van der Waals surface area contributed by atoms with E-state index in [1.165, 1.54) is 8.61 Å². The molecule has 1 unspecified atom stereocenters. The smallest absolute Gasteiger partial charge is 0.282 e. The Hall–Kier alpha value is -1.00. The third-order valence-electron chi connectivity index (χ3n) is 4.51. The van der Waals surface area contributed by atoms with E-state index in [-0.39, 0.29) is 18.4 Å². The minimum Gasteiger partial charge on any atom is -0.379 e. The number of halogens is 1. The zero-order valence-electron chi connectivity index (χ0n) is 13.9. The minimum absolute atomic E-state index is 0.145. The van der Waals surface area contributed by atoms with Gasteiger partial charge in [0, 0.05) is 30.7 Å². The lowest BCUT2D eigenvalue weighted by atomic mass is 9.99. The largest absolute Gasteiger partial charge is 0.379 e. The molecule has 138 valence electrons. The van der Waals surface area contributed by atoms with Crippen LogP contribution in [-0.2, 0) is 19.7 Å². The Morgan fingerprint density at radius 2 is 1.88 bits per heavy atom. The van der Waals surface area contributed by atoms with E-state index in [0.29, 0.717) is 51.4 Å². The number of nitrogens with zero attached hydrogens (tertiary/aromatic N) is 2. The highest BCUT2D eigenvalue weighted by Gasteiger charge is 2.36. The first kappa shape index (κ1) is 18.8. The van der Waals surface area contributed by atoms with Gasteiger partial charge in [-0.2, -0.15) is 17.0 Å². The Labute approximate surface area is 156 Å². The summed E-state index contributed by atoms with van der Waals surface area (Å²) in [5.41, 5.74) is 0.695. The van der Waals surface area contributed by atoms with Gasteiger partial charge >= 0.3 is 0 Å². The van der Waals surface area contributed by atoms with Crippen LogP contribution in [-0.4, -0.2) is 62.3 Å². The van der Waals surface area contributed by atoms with Gasteiger partial charge in [-0.3, -0.25) is 4.79 Å². The van der Waals surface area contributed by atoms with Crippen molar-refractivity contribution in [2.45, 2.75) is 12.8 Å². The molecule has 7 nitrogen and oxygen atoms in total. The van der Waals surface area contributed by atoms with Gasteiger partial charge in [-0.1, -0.05) is 12.1 Å². The van der Waals surface area contributed by atoms with Gasteiger partial charge in [0.15, 0.2) is 0 Å². The molecule has 0 saturated carbocycles. The summed E-state index contributed by atoms with van der Waals surface area (Å²) in [7, 11) is -3.54. The fourth-order valence-corrected chi connectivity index (χ4v) is 5.15. The van der Waals surface area contributed by atoms with Crippen LogP contribution < -0.4 is 5.32 Å². The second kappa shape index (κ2) is 8.13. The van der Waals surface area contributed by atoms with Crippen molar-refractivity contribution >= 4 is 37.7 Å². The summed E-state index contributed by atoms with van der Waals surface area (Å²) in [5.74, 6) is -0.495. The highest BCUT2D eigenvalue weighted by molar-refractivity contribution is 9.10. The molecule has 2 aliphatic heterocycles. The number of piperidine rings is 1. The lowest BCUT2D eigenvalue weighted by Crippen LogP contribution is -2.52. The molecule has 0 aliphatic carbocycles. The monoisotopic (exact) mass is 431 g/mol. The van der Waals surface area contributed by atoms with Gasteiger partial charge in [-0.25, -0.2) is 0 Å². The van der Waals surface area contributed by atoms with E-state index >= 15 is 0 Å². The average molecular weight is 432 g/mol. The van der Waals surface area contributed by atoms with Crippen LogP contribution >= 0.6 is 15.9 Å². The van der Waals surface area contributed by atoms with Crippen molar-refractivity contribution in [3.05, 3.63) is 28.7 Å². The van der Waals surface area contributed by atoms with Crippen LogP contribution in [0.3, 0.4) is 0 Å². The van der Waals surface area contributed by atoms with Gasteiger partial charge < -0.3 is 10.1 Å². The summed E-state index contributed by atoms with van der Waals surface area (Å²) in [6.45, 7) is 2.24. The van der Waals surface area contributed by atoms with E-state index in [9.17, 15) is 13.2 Å². The molecule has 0 bridgehead atoms. The predicted octanol–water partition coefficient (Wildman–Crippen LogP) is 1.68. The second-order valence-electron chi connectivity index (χ2n) is 6.19. The number of amides is 1. The fraction of sp³-hybridized carbons (Fsp3) is 0.562. The molecule has 2 fully saturated rings. The maximum atomic E-state index is 12.8.